The van der Waals surface area contributed by atoms with E-state index in [2.05, 4.69) is 6.92 Å². The summed E-state index contributed by atoms with van der Waals surface area (Å²) >= 11 is 0.846. The molecule has 1 fully saturated rings. The Morgan fingerprint density at radius 3 is 2.61 bits per heavy atom. The zero-order valence-corrected chi connectivity index (χ0v) is 20.2. The van der Waals surface area contributed by atoms with Crippen LogP contribution in [0.25, 0.3) is 0 Å². The molecule has 1 saturated carbocycles. The lowest BCUT2D eigenvalue weighted by molar-refractivity contribution is -0.121. The largest absolute Gasteiger partial charge is 0.473 e. The van der Waals surface area contributed by atoms with Crippen molar-refractivity contribution in [2.45, 2.75) is 82.8 Å². The Morgan fingerprint density at radius 1 is 1.21 bits per heavy atom. The van der Waals surface area contributed by atoms with E-state index in [0.717, 1.165) is 36.6 Å². The Morgan fingerprint density at radius 2 is 1.94 bits per heavy atom. The number of carboxylic acid groups (broad SMARTS) is 1. The average molecular weight is 481 g/mol. The van der Waals surface area contributed by atoms with Crippen LogP contribution in [0.5, 0.6) is 0 Å². The number of carbonyl (C=O) groups excluding carboxylic acids is 1. The van der Waals surface area contributed by atoms with E-state index >= 15 is 0 Å². The topological polar surface area (TPSA) is 94.8 Å². The smallest absolute Gasteiger partial charge is 0.364 e. The minimum atomic E-state index is -0.965. The van der Waals surface area contributed by atoms with Crippen LogP contribution in [0.4, 0.5) is 9.18 Å². The van der Waals surface area contributed by atoms with Crippen molar-refractivity contribution in [1.29, 1.82) is 0 Å². The molecule has 1 aromatic rings. The van der Waals surface area contributed by atoms with Crippen LogP contribution in [0.2, 0.25) is 0 Å². The van der Waals surface area contributed by atoms with Crippen LogP contribution in [0.1, 0.15) is 70.3 Å². The van der Waals surface area contributed by atoms with Gasteiger partial charge >= 0.3 is 5.30 Å². The van der Waals surface area contributed by atoms with Gasteiger partial charge < -0.3 is 15.3 Å². The quantitative estimate of drug-likeness (QED) is 0.231. The van der Waals surface area contributed by atoms with Crippen molar-refractivity contribution in [2.24, 2.45) is 11.8 Å². The van der Waals surface area contributed by atoms with Crippen LogP contribution in [0, 0.1) is 17.7 Å². The molecule has 0 radical (unpaired) electrons. The molecule has 0 spiro atoms. The van der Waals surface area contributed by atoms with Crippen molar-refractivity contribution in [3.05, 3.63) is 47.8 Å². The fourth-order valence-electron chi connectivity index (χ4n) is 4.71. The second-order valence-electron chi connectivity index (χ2n) is 9.14. The second-order valence-corrected chi connectivity index (χ2v) is 10.2. The van der Waals surface area contributed by atoms with E-state index in [0.29, 0.717) is 44.3 Å². The minimum absolute atomic E-state index is 0.0464. The number of aliphatic hydroxyl groups is 2. The monoisotopic (exact) mass is 480 g/mol. The molecule has 0 aliphatic heterocycles. The van der Waals surface area contributed by atoms with E-state index in [4.69, 9.17) is 5.11 Å². The number of halogens is 1. The predicted octanol–water partition coefficient (Wildman–Crippen LogP) is 5.77. The summed E-state index contributed by atoms with van der Waals surface area (Å²) < 4.78 is 13.3. The normalized spacial score (nSPS) is 22.7. The standard InChI is InChI=1S/C26H37FO5S/c1-2-3-6-14-26(32,18-19-9-11-20(27)12-10-19)15-13-22-21(23(28)17-24(22)29)8-5-4-7-16-33-25(30)31/h4-5,9-12,21-22,24,29,32H,2-3,6-8,13-18H2,1H3,(H,30,31)/t21-,22-,24?,26?/m1/s1. The van der Waals surface area contributed by atoms with Gasteiger partial charge in [0.25, 0.3) is 0 Å². The molecule has 0 heterocycles. The van der Waals surface area contributed by atoms with Crippen LogP contribution in [0.15, 0.2) is 36.4 Å². The van der Waals surface area contributed by atoms with E-state index in [-0.39, 0.29) is 29.9 Å². The number of carbonyl (C=O) groups is 2. The maximum atomic E-state index is 13.3. The Labute approximate surface area is 200 Å². The number of aliphatic hydroxyl groups excluding tert-OH is 1. The molecule has 5 nitrogen and oxygen atoms in total. The van der Waals surface area contributed by atoms with Crippen LogP contribution in [-0.4, -0.2) is 43.9 Å². The summed E-state index contributed by atoms with van der Waals surface area (Å²) in [5, 5.41) is 29.7. The highest BCUT2D eigenvalue weighted by Gasteiger charge is 2.41. The summed E-state index contributed by atoms with van der Waals surface area (Å²) in [5.41, 5.74) is -0.0931. The van der Waals surface area contributed by atoms with Crippen molar-refractivity contribution < 1.29 is 29.3 Å². The Bertz CT molecular complexity index is 781. The van der Waals surface area contributed by atoms with E-state index in [1.54, 1.807) is 12.1 Å². The van der Waals surface area contributed by atoms with Crippen molar-refractivity contribution in [2.75, 3.05) is 5.75 Å². The Kier molecular flexibility index (Phi) is 11.6. The molecule has 33 heavy (non-hydrogen) atoms. The molecule has 1 aliphatic rings. The van der Waals surface area contributed by atoms with Crippen molar-refractivity contribution in [3.63, 3.8) is 0 Å². The molecule has 0 amide bonds. The summed E-state index contributed by atoms with van der Waals surface area (Å²) in [6.45, 7) is 2.11. The number of ketones is 1. The summed E-state index contributed by atoms with van der Waals surface area (Å²) in [4.78, 5) is 23.0. The number of rotatable bonds is 14. The number of benzene rings is 1. The third-order valence-electron chi connectivity index (χ3n) is 6.54. The van der Waals surface area contributed by atoms with Crippen LogP contribution < -0.4 is 0 Å². The van der Waals surface area contributed by atoms with Gasteiger partial charge in [-0.05, 0) is 67.5 Å². The maximum absolute atomic E-state index is 13.3. The molecule has 0 aromatic heterocycles. The highest BCUT2D eigenvalue weighted by Crippen LogP contribution is 2.38. The van der Waals surface area contributed by atoms with Gasteiger partial charge in [0.2, 0.25) is 0 Å². The number of allylic oxidation sites excluding steroid dienone is 2. The predicted molar refractivity (Wildman–Crippen MR) is 130 cm³/mol. The zero-order chi connectivity index (χ0) is 24.3. The number of thioether (sulfide) groups is 1. The molecule has 184 valence electrons. The third kappa shape index (κ3) is 9.59. The molecule has 2 rings (SSSR count). The van der Waals surface area contributed by atoms with Gasteiger partial charge in [0, 0.05) is 24.5 Å². The Hall–Kier alpha value is -1.70. The highest BCUT2D eigenvalue weighted by atomic mass is 32.2. The van der Waals surface area contributed by atoms with Crippen LogP contribution in [-0.2, 0) is 11.2 Å². The van der Waals surface area contributed by atoms with Gasteiger partial charge in [-0.2, -0.15) is 0 Å². The van der Waals surface area contributed by atoms with Gasteiger partial charge in [0.05, 0.1) is 11.7 Å². The van der Waals surface area contributed by atoms with Crippen LogP contribution >= 0.6 is 11.8 Å². The van der Waals surface area contributed by atoms with Gasteiger partial charge in [-0.15, -0.1) is 0 Å². The SMILES string of the molecule is CCCCCC(O)(CC[C@H]1C(O)CC(=O)[C@@H]1CC=CCCSC(=O)O)Cc1ccc(F)cc1. The van der Waals surface area contributed by atoms with Gasteiger partial charge in [-0.1, -0.05) is 50.5 Å². The molecule has 0 bridgehead atoms. The molecule has 7 heteroatoms. The lowest BCUT2D eigenvalue weighted by Gasteiger charge is -2.31. The average Bonchev–Trinajstić information content (AvgIpc) is 3.03. The number of unbranched alkanes of at least 4 members (excludes halogenated alkanes) is 2. The van der Waals surface area contributed by atoms with Crippen LogP contribution in [0.3, 0.4) is 0 Å². The first-order valence-corrected chi connectivity index (χ1v) is 12.9. The van der Waals surface area contributed by atoms with Crippen molar-refractivity contribution >= 4 is 22.8 Å². The van der Waals surface area contributed by atoms with E-state index < -0.39 is 17.0 Å². The minimum Gasteiger partial charge on any atom is -0.473 e. The highest BCUT2D eigenvalue weighted by molar-refractivity contribution is 8.13. The lowest BCUT2D eigenvalue weighted by Crippen LogP contribution is -2.34. The third-order valence-corrected chi connectivity index (χ3v) is 7.22. The Balaban J connectivity index is 1.99. The van der Waals surface area contributed by atoms with Gasteiger partial charge in [0.1, 0.15) is 11.6 Å². The first kappa shape index (κ1) is 27.5. The summed E-state index contributed by atoms with van der Waals surface area (Å²) in [6.07, 6.45) is 9.37. The molecule has 2 unspecified atom stereocenters. The summed E-state index contributed by atoms with van der Waals surface area (Å²) in [7, 11) is 0. The molecule has 3 N–H and O–H groups in total. The molecular formula is C26H37FO5S. The molecule has 1 aliphatic carbocycles. The number of Topliss-reactive ketones (excluding diaryl/α,β-unsaturated/α-hetero) is 1. The lowest BCUT2D eigenvalue weighted by atomic mass is 9.79. The maximum Gasteiger partial charge on any atom is 0.364 e. The first-order chi connectivity index (χ1) is 15.7. The fraction of sp³-hybridized carbons (Fsp3) is 0.615. The van der Waals surface area contributed by atoms with Gasteiger partial charge in [-0.3, -0.25) is 4.79 Å². The molecule has 0 saturated heterocycles. The van der Waals surface area contributed by atoms with Gasteiger partial charge in [0.15, 0.2) is 0 Å². The number of hydrogen-bond acceptors (Lipinski definition) is 5. The number of hydrogen-bond donors (Lipinski definition) is 3. The zero-order valence-electron chi connectivity index (χ0n) is 19.4. The van der Waals surface area contributed by atoms with E-state index in [9.17, 15) is 24.2 Å². The van der Waals surface area contributed by atoms with Gasteiger partial charge in [-0.25, -0.2) is 9.18 Å². The molecule has 4 atom stereocenters. The second kappa shape index (κ2) is 13.9. The summed E-state index contributed by atoms with van der Waals surface area (Å²) in [5.74, 6) is -0.274. The first-order valence-electron chi connectivity index (χ1n) is 11.9. The van der Waals surface area contributed by atoms with Crippen molar-refractivity contribution in [3.8, 4) is 0 Å². The van der Waals surface area contributed by atoms with E-state index in [1.165, 1.54) is 12.1 Å². The fourth-order valence-corrected chi connectivity index (χ4v) is 5.14. The molecule has 1 aromatic carbocycles. The van der Waals surface area contributed by atoms with Crippen molar-refractivity contribution in [1.82, 2.24) is 0 Å². The van der Waals surface area contributed by atoms with E-state index in [1.807, 2.05) is 12.2 Å². The molecular weight excluding hydrogens is 443 g/mol. The summed E-state index contributed by atoms with van der Waals surface area (Å²) in [6, 6.07) is 6.20.